The maximum atomic E-state index is 13.1. The number of rotatable bonds is 3. The Morgan fingerprint density at radius 2 is 2.16 bits per heavy atom. The predicted octanol–water partition coefficient (Wildman–Crippen LogP) is 1.63. The van der Waals surface area contributed by atoms with Crippen molar-refractivity contribution in [2.45, 2.75) is 18.6 Å². The molecule has 106 valence electrons. The predicted molar refractivity (Wildman–Crippen MR) is 75.0 cm³/mol. The van der Waals surface area contributed by atoms with E-state index in [9.17, 15) is 9.50 Å². The molecule has 2 atom stereocenters. The van der Waals surface area contributed by atoms with Gasteiger partial charge < -0.3 is 10.0 Å². The second-order valence-electron chi connectivity index (χ2n) is 5.33. The number of aliphatic hydroxyl groups excluding tert-OH is 1. The average molecular weight is 287 g/mol. The first-order valence-corrected chi connectivity index (χ1v) is 6.86. The first kappa shape index (κ1) is 14.7. The number of benzene rings is 1. The molecule has 0 bridgehead atoms. The quantitative estimate of drug-likeness (QED) is 0.915. The molecule has 1 aliphatic heterocycles. The van der Waals surface area contributed by atoms with Gasteiger partial charge in [0.15, 0.2) is 0 Å². The van der Waals surface area contributed by atoms with E-state index in [1.165, 1.54) is 6.07 Å². The van der Waals surface area contributed by atoms with Crippen LogP contribution in [0.5, 0.6) is 0 Å². The van der Waals surface area contributed by atoms with Crippen molar-refractivity contribution < 1.29 is 9.50 Å². The molecule has 5 heteroatoms. The van der Waals surface area contributed by atoms with Gasteiger partial charge in [-0.3, -0.25) is 4.90 Å². The molecule has 0 saturated carbocycles. The van der Waals surface area contributed by atoms with Gasteiger partial charge in [0, 0.05) is 25.7 Å². The van der Waals surface area contributed by atoms with Gasteiger partial charge in [-0.1, -0.05) is 17.7 Å². The fourth-order valence-corrected chi connectivity index (χ4v) is 2.71. The second-order valence-corrected chi connectivity index (χ2v) is 5.74. The molecule has 1 heterocycles. The molecule has 1 saturated heterocycles. The van der Waals surface area contributed by atoms with Gasteiger partial charge >= 0.3 is 0 Å². The van der Waals surface area contributed by atoms with Gasteiger partial charge in [-0.25, -0.2) is 4.39 Å². The summed E-state index contributed by atoms with van der Waals surface area (Å²) in [6.45, 7) is 2.80. The third kappa shape index (κ3) is 3.66. The van der Waals surface area contributed by atoms with Gasteiger partial charge in [0.2, 0.25) is 0 Å². The van der Waals surface area contributed by atoms with Crippen LogP contribution in [0.1, 0.15) is 5.56 Å². The molecule has 2 unspecified atom stereocenters. The first-order valence-electron chi connectivity index (χ1n) is 6.48. The van der Waals surface area contributed by atoms with Crippen LogP contribution in [0.25, 0.3) is 0 Å². The third-order valence-electron chi connectivity index (χ3n) is 3.77. The van der Waals surface area contributed by atoms with Gasteiger partial charge in [0.1, 0.15) is 5.82 Å². The molecular formula is C14H20ClFN2O. The van der Waals surface area contributed by atoms with Crippen LogP contribution in [0.3, 0.4) is 0 Å². The van der Waals surface area contributed by atoms with Crippen molar-refractivity contribution in [2.75, 3.05) is 33.7 Å². The lowest BCUT2D eigenvalue weighted by molar-refractivity contribution is 0.0153. The number of halogens is 2. The van der Waals surface area contributed by atoms with E-state index in [2.05, 4.69) is 16.8 Å². The van der Waals surface area contributed by atoms with Crippen molar-refractivity contribution in [1.29, 1.82) is 0 Å². The summed E-state index contributed by atoms with van der Waals surface area (Å²) in [5, 5.41) is 10.5. The molecule has 0 aliphatic carbocycles. The Morgan fingerprint density at radius 1 is 1.42 bits per heavy atom. The molecule has 1 aliphatic rings. The molecule has 19 heavy (non-hydrogen) atoms. The van der Waals surface area contributed by atoms with E-state index in [1.807, 2.05) is 7.05 Å². The molecule has 1 fully saturated rings. The standard InChI is InChI=1S/C14H20ClFN2O/c1-17-5-6-18(2)13(9-17)14(19)8-10-3-4-12(16)11(15)7-10/h3-4,7,13-14,19H,5-6,8-9H2,1-2H3. The molecule has 2 rings (SSSR count). The molecular weight excluding hydrogens is 267 g/mol. The Morgan fingerprint density at radius 3 is 2.84 bits per heavy atom. The summed E-state index contributed by atoms with van der Waals surface area (Å²) in [5.74, 6) is -0.422. The molecule has 1 aromatic carbocycles. The highest BCUT2D eigenvalue weighted by atomic mass is 35.5. The van der Waals surface area contributed by atoms with Crippen LogP contribution < -0.4 is 0 Å². The maximum absolute atomic E-state index is 13.1. The monoisotopic (exact) mass is 286 g/mol. The van der Waals surface area contributed by atoms with Gasteiger partial charge in [-0.15, -0.1) is 0 Å². The van der Waals surface area contributed by atoms with Crippen LogP contribution >= 0.6 is 11.6 Å². The molecule has 0 spiro atoms. The van der Waals surface area contributed by atoms with Crippen molar-refractivity contribution in [1.82, 2.24) is 9.80 Å². The summed E-state index contributed by atoms with van der Waals surface area (Å²) in [5.41, 5.74) is 0.862. The Hall–Kier alpha value is -0.680. The van der Waals surface area contributed by atoms with Crippen LogP contribution in [0.4, 0.5) is 4.39 Å². The van der Waals surface area contributed by atoms with E-state index >= 15 is 0 Å². The molecule has 0 aromatic heterocycles. The third-order valence-corrected chi connectivity index (χ3v) is 4.06. The lowest BCUT2D eigenvalue weighted by Gasteiger charge is -2.40. The number of hydrogen-bond acceptors (Lipinski definition) is 3. The number of hydrogen-bond donors (Lipinski definition) is 1. The SMILES string of the molecule is CN1CCN(C)C(C(O)Cc2ccc(F)c(Cl)c2)C1. The zero-order valence-electron chi connectivity index (χ0n) is 11.3. The highest BCUT2D eigenvalue weighted by Crippen LogP contribution is 2.19. The maximum Gasteiger partial charge on any atom is 0.141 e. The molecule has 0 amide bonds. The highest BCUT2D eigenvalue weighted by molar-refractivity contribution is 6.30. The summed E-state index contributed by atoms with van der Waals surface area (Å²) in [6.07, 6.45) is 0.0114. The minimum atomic E-state index is -0.478. The zero-order valence-corrected chi connectivity index (χ0v) is 12.1. The fourth-order valence-electron chi connectivity index (χ4n) is 2.50. The van der Waals surface area contributed by atoms with Crippen molar-refractivity contribution >= 4 is 11.6 Å². The average Bonchev–Trinajstić information content (AvgIpc) is 2.36. The van der Waals surface area contributed by atoms with Crippen molar-refractivity contribution in [3.05, 3.63) is 34.6 Å². The zero-order chi connectivity index (χ0) is 14.0. The Labute approximate surface area is 118 Å². The summed E-state index contributed by atoms with van der Waals surface area (Å²) in [7, 11) is 4.08. The van der Waals surface area contributed by atoms with Gasteiger partial charge in [0.05, 0.1) is 11.1 Å². The van der Waals surface area contributed by atoms with E-state index in [4.69, 9.17) is 11.6 Å². The smallest absolute Gasteiger partial charge is 0.141 e. The lowest BCUT2D eigenvalue weighted by Crippen LogP contribution is -2.55. The fraction of sp³-hybridized carbons (Fsp3) is 0.571. The van der Waals surface area contributed by atoms with E-state index < -0.39 is 11.9 Å². The first-order chi connectivity index (χ1) is 8.97. The molecule has 1 N–H and O–H groups in total. The molecule has 0 radical (unpaired) electrons. The molecule has 3 nitrogen and oxygen atoms in total. The van der Waals surface area contributed by atoms with Gasteiger partial charge in [-0.05, 0) is 38.2 Å². The van der Waals surface area contributed by atoms with Crippen LogP contribution in [0, 0.1) is 5.82 Å². The number of piperazine rings is 1. The van der Waals surface area contributed by atoms with Gasteiger partial charge in [-0.2, -0.15) is 0 Å². The van der Waals surface area contributed by atoms with Crippen molar-refractivity contribution in [3.8, 4) is 0 Å². The largest absolute Gasteiger partial charge is 0.391 e. The number of nitrogens with zero attached hydrogens (tertiary/aromatic N) is 2. The topological polar surface area (TPSA) is 26.7 Å². The van der Waals surface area contributed by atoms with Crippen LogP contribution in [-0.2, 0) is 6.42 Å². The van der Waals surface area contributed by atoms with E-state index in [0.29, 0.717) is 6.42 Å². The van der Waals surface area contributed by atoms with E-state index in [-0.39, 0.29) is 11.1 Å². The van der Waals surface area contributed by atoms with Crippen molar-refractivity contribution in [2.24, 2.45) is 0 Å². The lowest BCUT2D eigenvalue weighted by atomic mass is 9.99. The Kier molecular flexibility index (Phi) is 4.79. The Bertz CT molecular complexity index is 443. The summed E-state index contributed by atoms with van der Waals surface area (Å²) in [6, 6.07) is 4.72. The summed E-state index contributed by atoms with van der Waals surface area (Å²) in [4.78, 5) is 4.39. The second kappa shape index (κ2) is 6.18. The number of aliphatic hydroxyl groups is 1. The normalized spacial score (nSPS) is 23.5. The van der Waals surface area contributed by atoms with Crippen LogP contribution in [0.15, 0.2) is 18.2 Å². The minimum Gasteiger partial charge on any atom is -0.391 e. The van der Waals surface area contributed by atoms with Crippen molar-refractivity contribution in [3.63, 3.8) is 0 Å². The number of likely N-dealkylation sites (N-methyl/N-ethyl adjacent to an activating group) is 2. The summed E-state index contributed by atoms with van der Waals surface area (Å²) < 4.78 is 13.1. The van der Waals surface area contributed by atoms with Crippen LogP contribution in [-0.4, -0.2) is 60.8 Å². The Balaban J connectivity index is 2.03. The van der Waals surface area contributed by atoms with Crippen LogP contribution in [0.2, 0.25) is 5.02 Å². The minimum absolute atomic E-state index is 0.0996. The van der Waals surface area contributed by atoms with E-state index in [0.717, 1.165) is 25.2 Å². The van der Waals surface area contributed by atoms with E-state index in [1.54, 1.807) is 12.1 Å². The molecule has 1 aromatic rings. The van der Waals surface area contributed by atoms with Gasteiger partial charge in [0.25, 0.3) is 0 Å². The summed E-state index contributed by atoms with van der Waals surface area (Å²) >= 11 is 5.76. The highest BCUT2D eigenvalue weighted by Gasteiger charge is 2.28.